The third kappa shape index (κ3) is 4.12. The molecule has 1 aliphatic heterocycles. The van der Waals surface area contributed by atoms with Gasteiger partial charge in [0.2, 0.25) is 0 Å². The zero-order valence-electron chi connectivity index (χ0n) is 15.7. The number of allylic oxidation sites excluding steroid dienone is 1. The first-order valence-electron chi connectivity index (χ1n) is 9.44. The number of ketones is 1. The molecule has 3 aliphatic rings. The first-order valence-corrected chi connectivity index (χ1v) is 9.44. The van der Waals surface area contributed by atoms with Crippen LogP contribution < -0.4 is 0 Å². The smallest absolute Gasteiger partial charge is 0.186 e. The third-order valence-corrected chi connectivity index (χ3v) is 6.16. The van der Waals surface area contributed by atoms with Gasteiger partial charge >= 0.3 is 0 Å². The van der Waals surface area contributed by atoms with Crippen molar-refractivity contribution >= 4 is 5.78 Å². The predicted octanol–water partition coefficient (Wildman–Crippen LogP) is -0.740. The maximum atomic E-state index is 12.0. The van der Waals surface area contributed by atoms with E-state index in [9.17, 15) is 30.3 Å². The van der Waals surface area contributed by atoms with Gasteiger partial charge in [0.1, 0.15) is 24.4 Å². The zero-order chi connectivity index (χ0) is 20.0. The Morgan fingerprint density at radius 2 is 1.89 bits per heavy atom. The first-order chi connectivity index (χ1) is 12.6. The van der Waals surface area contributed by atoms with Gasteiger partial charge in [0, 0.05) is 12.8 Å². The number of ether oxygens (including phenoxy) is 2. The number of carbonyl (C=O) groups is 1. The van der Waals surface area contributed by atoms with Crippen LogP contribution in [0.3, 0.4) is 0 Å². The summed E-state index contributed by atoms with van der Waals surface area (Å²) in [7, 11) is 0. The zero-order valence-corrected chi connectivity index (χ0v) is 15.7. The number of aliphatic hydroxyl groups excluding tert-OH is 4. The molecule has 1 heterocycles. The van der Waals surface area contributed by atoms with Crippen LogP contribution in [-0.4, -0.2) is 80.8 Å². The summed E-state index contributed by atoms with van der Waals surface area (Å²) < 4.78 is 10.8. The molecule has 0 aromatic carbocycles. The molecule has 1 saturated carbocycles. The van der Waals surface area contributed by atoms with Crippen molar-refractivity contribution in [1.82, 2.24) is 0 Å². The van der Waals surface area contributed by atoms with E-state index in [-0.39, 0.29) is 23.7 Å². The second-order valence-electron chi connectivity index (χ2n) is 8.85. The van der Waals surface area contributed by atoms with Crippen molar-refractivity contribution in [2.75, 3.05) is 13.2 Å². The second-order valence-corrected chi connectivity index (χ2v) is 8.85. The van der Waals surface area contributed by atoms with Crippen LogP contribution in [0.15, 0.2) is 11.6 Å². The molecule has 0 spiro atoms. The molecule has 7 atom stereocenters. The minimum atomic E-state index is -1.52. The molecule has 0 radical (unpaired) electrons. The van der Waals surface area contributed by atoms with Gasteiger partial charge in [-0.1, -0.05) is 19.4 Å². The molecular weight excluding hydrogens is 356 g/mol. The van der Waals surface area contributed by atoms with Gasteiger partial charge in [0.05, 0.1) is 18.8 Å². The van der Waals surface area contributed by atoms with Crippen molar-refractivity contribution < 1.29 is 39.8 Å². The highest BCUT2D eigenvalue weighted by Gasteiger charge is 2.47. The molecule has 0 aromatic heterocycles. The number of rotatable bonds is 4. The average Bonchev–Trinajstić information content (AvgIpc) is 2.58. The van der Waals surface area contributed by atoms with E-state index in [4.69, 9.17) is 9.47 Å². The molecule has 1 saturated heterocycles. The van der Waals surface area contributed by atoms with E-state index in [1.807, 2.05) is 0 Å². The third-order valence-electron chi connectivity index (χ3n) is 6.16. The number of fused-ring (bicyclic) bond motifs is 1. The van der Waals surface area contributed by atoms with E-state index in [0.717, 1.165) is 12.0 Å². The Balaban J connectivity index is 1.65. The summed E-state index contributed by atoms with van der Waals surface area (Å²) in [6.07, 6.45) is -3.19. The standard InChI is InChI=1S/C19H30O8/c1-18(2)7-11(21)5-10-6-19(25,4-3-12(10)18)9-26-17-16(24)15(23)14(22)13(8-20)27-17/h5,12-17,20,22-25H,3-4,6-9H2,1-2H3/t12?,13-,14-,15+,16-,17-,19+/m1/s1. The molecule has 2 fully saturated rings. The van der Waals surface area contributed by atoms with Crippen LogP contribution >= 0.6 is 0 Å². The van der Waals surface area contributed by atoms with Crippen molar-refractivity contribution in [3.8, 4) is 0 Å². The number of hydrogen-bond acceptors (Lipinski definition) is 8. The highest BCUT2D eigenvalue weighted by Crippen LogP contribution is 2.49. The molecule has 154 valence electrons. The van der Waals surface area contributed by atoms with Crippen LogP contribution in [0.25, 0.3) is 0 Å². The fraction of sp³-hybridized carbons (Fsp3) is 0.842. The summed E-state index contributed by atoms with van der Waals surface area (Å²) in [6.45, 7) is 3.43. The molecule has 27 heavy (non-hydrogen) atoms. The van der Waals surface area contributed by atoms with E-state index in [1.165, 1.54) is 0 Å². The lowest BCUT2D eigenvalue weighted by Gasteiger charge is -2.47. The van der Waals surface area contributed by atoms with Crippen LogP contribution in [0.2, 0.25) is 0 Å². The molecule has 2 aliphatic carbocycles. The van der Waals surface area contributed by atoms with Gasteiger partial charge in [-0.25, -0.2) is 0 Å². The Bertz CT molecular complexity index is 601. The summed E-state index contributed by atoms with van der Waals surface area (Å²) in [5.41, 5.74) is -0.433. The Kier molecular flexibility index (Phi) is 5.80. The monoisotopic (exact) mass is 386 g/mol. The van der Waals surface area contributed by atoms with Crippen LogP contribution in [-0.2, 0) is 14.3 Å². The van der Waals surface area contributed by atoms with E-state index in [1.54, 1.807) is 6.08 Å². The molecule has 8 nitrogen and oxygen atoms in total. The fourth-order valence-corrected chi connectivity index (χ4v) is 4.63. The Morgan fingerprint density at radius 3 is 2.56 bits per heavy atom. The van der Waals surface area contributed by atoms with E-state index in [0.29, 0.717) is 19.3 Å². The van der Waals surface area contributed by atoms with Crippen molar-refractivity contribution in [3.05, 3.63) is 11.6 Å². The van der Waals surface area contributed by atoms with Crippen molar-refractivity contribution in [2.24, 2.45) is 11.3 Å². The molecule has 5 N–H and O–H groups in total. The van der Waals surface area contributed by atoms with Gasteiger partial charge in [0.25, 0.3) is 0 Å². The highest BCUT2D eigenvalue weighted by atomic mass is 16.7. The molecular formula is C19H30O8. The van der Waals surface area contributed by atoms with Crippen LogP contribution in [0.5, 0.6) is 0 Å². The highest BCUT2D eigenvalue weighted by molar-refractivity contribution is 5.92. The number of carbonyl (C=O) groups excluding carboxylic acids is 1. The van der Waals surface area contributed by atoms with E-state index >= 15 is 0 Å². The molecule has 0 amide bonds. The Morgan fingerprint density at radius 1 is 1.19 bits per heavy atom. The maximum absolute atomic E-state index is 12.0. The molecule has 0 bridgehead atoms. The summed E-state index contributed by atoms with van der Waals surface area (Å²) in [6, 6.07) is 0. The van der Waals surface area contributed by atoms with E-state index in [2.05, 4.69) is 13.8 Å². The van der Waals surface area contributed by atoms with Gasteiger partial charge < -0.3 is 35.0 Å². The molecule has 0 aromatic rings. The van der Waals surface area contributed by atoms with Gasteiger partial charge in [0.15, 0.2) is 12.1 Å². The number of aliphatic hydroxyl groups is 5. The van der Waals surface area contributed by atoms with Gasteiger partial charge in [-0.15, -0.1) is 0 Å². The van der Waals surface area contributed by atoms with Crippen LogP contribution in [0.4, 0.5) is 0 Å². The quantitative estimate of drug-likeness (QED) is 0.426. The lowest BCUT2D eigenvalue weighted by atomic mass is 9.60. The topological polar surface area (TPSA) is 137 Å². The Labute approximate surface area is 158 Å². The normalized spacial score (nSPS) is 44.6. The van der Waals surface area contributed by atoms with Crippen LogP contribution in [0.1, 0.15) is 39.5 Å². The fourth-order valence-electron chi connectivity index (χ4n) is 4.63. The van der Waals surface area contributed by atoms with E-state index < -0.39 is 42.9 Å². The van der Waals surface area contributed by atoms with Gasteiger partial charge in [-0.05, 0) is 30.3 Å². The van der Waals surface area contributed by atoms with Gasteiger partial charge in [-0.2, -0.15) is 0 Å². The lowest BCUT2D eigenvalue weighted by molar-refractivity contribution is -0.309. The minimum Gasteiger partial charge on any atom is -0.394 e. The summed E-state index contributed by atoms with van der Waals surface area (Å²) >= 11 is 0. The largest absolute Gasteiger partial charge is 0.394 e. The maximum Gasteiger partial charge on any atom is 0.186 e. The molecule has 8 heteroatoms. The molecule has 1 unspecified atom stereocenters. The predicted molar refractivity (Wildman–Crippen MR) is 93.5 cm³/mol. The van der Waals surface area contributed by atoms with Crippen molar-refractivity contribution in [3.63, 3.8) is 0 Å². The van der Waals surface area contributed by atoms with Crippen LogP contribution in [0, 0.1) is 11.3 Å². The van der Waals surface area contributed by atoms with Crippen molar-refractivity contribution in [2.45, 2.75) is 75.8 Å². The second kappa shape index (κ2) is 7.51. The lowest BCUT2D eigenvalue weighted by Crippen LogP contribution is -2.59. The average molecular weight is 386 g/mol. The summed E-state index contributed by atoms with van der Waals surface area (Å²) in [4.78, 5) is 12.0. The van der Waals surface area contributed by atoms with Gasteiger partial charge in [-0.3, -0.25) is 4.79 Å². The van der Waals surface area contributed by atoms with Crippen molar-refractivity contribution in [1.29, 1.82) is 0 Å². The summed E-state index contributed by atoms with van der Waals surface area (Å²) in [5, 5.41) is 49.9. The Hall–Kier alpha value is -0.870. The minimum absolute atomic E-state index is 0.0605. The number of hydrogen-bond donors (Lipinski definition) is 5. The first kappa shape index (κ1) is 20.9. The molecule has 3 rings (SSSR count). The summed E-state index contributed by atoms with van der Waals surface area (Å²) in [5.74, 6) is 0.299. The SMILES string of the molecule is CC1(C)CC(=O)C=C2C[C@](O)(CO[C@@H]3O[C@H](CO)[C@@H](O)[C@H](O)[C@H]3O)CCC21.